The lowest BCUT2D eigenvalue weighted by atomic mass is 9.93. The van der Waals surface area contributed by atoms with Gasteiger partial charge in [-0.05, 0) is 17.9 Å². The Morgan fingerprint density at radius 2 is 1.67 bits per heavy atom. The van der Waals surface area contributed by atoms with Crippen molar-refractivity contribution in [1.82, 2.24) is 10.6 Å². The zero-order valence-corrected chi connectivity index (χ0v) is 15.1. The van der Waals surface area contributed by atoms with Crippen LogP contribution >= 0.6 is 0 Å². The van der Waals surface area contributed by atoms with Crippen LogP contribution in [-0.4, -0.2) is 30.2 Å². The van der Waals surface area contributed by atoms with Crippen LogP contribution in [0.25, 0.3) is 0 Å². The molecule has 1 unspecified atom stereocenters. The van der Waals surface area contributed by atoms with Gasteiger partial charge in [-0.3, -0.25) is 9.59 Å². The van der Waals surface area contributed by atoms with Gasteiger partial charge in [-0.25, -0.2) is 0 Å². The number of hydrogen-bond donors (Lipinski definition) is 2. The lowest BCUT2D eigenvalue weighted by molar-refractivity contribution is -0.134. The van der Waals surface area contributed by atoms with E-state index in [2.05, 4.69) is 10.6 Å². The van der Waals surface area contributed by atoms with Crippen LogP contribution in [0.5, 0.6) is 0 Å². The predicted molar refractivity (Wildman–Crippen MR) is 94.4 cm³/mol. The average molecular weight is 332 g/mol. The van der Waals surface area contributed by atoms with E-state index in [0.29, 0.717) is 6.42 Å². The molecule has 2 atom stereocenters. The molecule has 132 valence electrons. The van der Waals surface area contributed by atoms with Gasteiger partial charge in [0.15, 0.2) is 0 Å². The summed E-state index contributed by atoms with van der Waals surface area (Å²) in [6.07, 6.45) is 1.15. The van der Waals surface area contributed by atoms with Gasteiger partial charge in [0.05, 0.1) is 6.04 Å². The van der Waals surface area contributed by atoms with E-state index in [1.54, 1.807) is 20.8 Å². The molecular formula is C19H28N2O3. The lowest BCUT2D eigenvalue weighted by Crippen LogP contribution is -2.54. The van der Waals surface area contributed by atoms with Crippen LogP contribution in [0.1, 0.15) is 40.2 Å². The Morgan fingerprint density at radius 3 is 2.12 bits per heavy atom. The maximum Gasteiger partial charge on any atom is 0.243 e. The molecule has 0 heterocycles. The van der Waals surface area contributed by atoms with Crippen LogP contribution in [0.2, 0.25) is 0 Å². The van der Waals surface area contributed by atoms with Crippen LogP contribution in [0, 0.1) is 11.3 Å². The van der Waals surface area contributed by atoms with Crippen LogP contribution in [-0.2, 0) is 20.8 Å². The summed E-state index contributed by atoms with van der Waals surface area (Å²) in [7, 11) is 0. The number of carbonyl (C=O) groups excluding carboxylic acids is 3. The minimum absolute atomic E-state index is 0.0830. The van der Waals surface area contributed by atoms with Crippen molar-refractivity contribution in [2.45, 2.75) is 53.1 Å². The van der Waals surface area contributed by atoms with Gasteiger partial charge in [0.1, 0.15) is 12.3 Å². The number of nitrogens with one attached hydrogen (secondary N) is 2. The number of amides is 2. The monoisotopic (exact) mass is 332 g/mol. The molecule has 0 aliphatic heterocycles. The fraction of sp³-hybridized carbons (Fsp3) is 0.526. The summed E-state index contributed by atoms with van der Waals surface area (Å²) in [6, 6.07) is 8.20. The third-order valence-electron chi connectivity index (χ3n) is 3.71. The maximum absolute atomic E-state index is 12.5. The molecule has 0 bridgehead atoms. The Morgan fingerprint density at radius 1 is 1.08 bits per heavy atom. The van der Waals surface area contributed by atoms with Crippen molar-refractivity contribution in [2.24, 2.45) is 11.3 Å². The van der Waals surface area contributed by atoms with E-state index in [-0.39, 0.29) is 17.7 Å². The molecule has 0 aliphatic rings. The first-order valence-electron chi connectivity index (χ1n) is 8.25. The molecule has 24 heavy (non-hydrogen) atoms. The molecule has 0 saturated carbocycles. The first-order chi connectivity index (χ1) is 11.1. The van der Waals surface area contributed by atoms with Gasteiger partial charge in [-0.1, -0.05) is 65.0 Å². The highest BCUT2D eigenvalue weighted by Crippen LogP contribution is 2.14. The molecular weight excluding hydrogens is 304 g/mol. The van der Waals surface area contributed by atoms with Crippen molar-refractivity contribution in [3.63, 3.8) is 0 Å². The molecule has 0 radical (unpaired) electrons. The summed E-state index contributed by atoms with van der Waals surface area (Å²) in [5, 5.41) is 5.51. The van der Waals surface area contributed by atoms with Gasteiger partial charge in [-0.2, -0.15) is 0 Å². The third-order valence-corrected chi connectivity index (χ3v) is 3.71. The Bertz CT molecular complexity index is 562. The lowest BCUT2D eigenvalue weighted by Gasteiger charge is -2.27. The topological polar surface area (TPSA) is 75.3 Å². The smallest absolute Gasteiger partial charge is 0.243 e. The Balaban J connectivity index is 2.76. The van der Waals surface area contributed by atoms with Crippen molar-refractivity contribution >= 4 is 18.1 Å². The zero-order chi connectivity index (χ0) is 18.3. The highest BCUT2D eigenvalue weighted by molar-refractivity contribution is 5.90. The second-order valence-electron chi connectivity index (χ2n) is 7.39. The molecule has 0 fully saturated rings. The molecule has 0 aromatic heterocycles. The molecule has 0 spiro atoms. The summed E-state index contributed by atoms with van der Waals surface area (Å²) in [5.41, 5.74) is 0.386. The molecule has 1 aromatic carbocycles. The molecule has 2 amide bonds. The van der Waals surface area contributed by atoms with Crippen molar-refractivity contribution < 1.29 is 14.4 Å². The second-order valence-corrected chi connectivity index (χ2v) is 7.39. The first-order valence-corrected chi connectivity index (χ1v) is 8.25. The third kappa shape index (κ3) is 6.14. The van der Waals surface area contributed by atoms with Gasteiger partial charge in [0.2, 0.25) is 11.8 Å². The normalized spacial score (nSPS) is 13.9. The van der Waals surface area contributed by atoms with Crippen molar-refractivity contribution in [2.75, 3.05) is 0 Å². The molecule has 1 rings (SSSR count). The Hall–Kier alpha value is -2.17. The minimum Gasteiger partial charge on any atom is -0.344 e. The van der Waals surface area contributed by atoms with Gasteiger partial charge in [0.25, 0.3) is 0 Å². The fourth-order valence-corrected chi connectivity index (χ4v) is 2.17. The van der Waals surface area contributed by atoms with Gasteiger partial charge >= 0.3 is 0 Å². The predicted octanol–water partition coefficient (Wildman–Crippen LogP) is 2.10. The first kappa shape index (κ1) is 19.9. The second kappa shape index (κ2) is 8.62. The van der Waals surface area contributed by atoms with E-state index in [1.807, 2.05) is 44.2 Å². The van der Waals surface area contributed by atoms with Crippen LogP contribution in [0.15, 0.2) is 30.3 Å². The molecule has 0 aliphatic carbocycles. The highest BCUT2D eigenvalue weighted by atomic mass is 16.2. The van der Waals surface area contributed by atoms with Crippen molar-refractivity contribution in [3.05, 3.63) is 35.9 Å². The van der Waals surface area contributed by atoms with E-state index >= 15 is 0 Å². The molecule has 0 saturated heterocycles. The maximum atomic E-state index is 12.5. The highest BCUT2D eigenvalue weighted by Gasteiger charge is 2.30. The zero-order valence-electron chi connectivity index (χ0n) is 15.1. The molecule has 5 heteroatoms. The van der Waals surface area contributed by atoms with Crippen LogP contribution in [0.4, 0.5) is 0 Å². The van der Waals surface area contributed by atoms with Crippen LogP contribution in [0.3, 0.4) is 0 Å². The van der Waals surface area contributed by atoms with E-state index in [4.69, 9.17) is 0 Å². The number of rotatable bonds is 7. The SMILES string of the molecule is CC(C)[C@H](NC(=O)C(C)(C)C)C(=O)NC(C=O)Cc1ccccc1. The number of carbonyl (C=O) groups is 3. The van der Waals surface area contributed by atoms with Crippen LogP contribution < -0.4 is 10.6 Å². The van der Waals surface area contributed by atoms with Crippen molar-refractivity contribution in [1.29, 1.82) is 0 Å². The number of aldehydes is 1. The minimum atomic E-state index is -0.671. The summed E-state index contributed by atoms with van der Waals surface area (Å²) < 4.78 is 0. The molecule has 5 nitrogen and oxygen atoms in total. The quantitative estimate of drug-likeness (QED) is 0.751. The Kier molecular flexibility index (Phi) is 7.14. The van der Waals surface area contributed by atoms with Gasteiger partial charge < -0.3 is 15.4 Å². The Labute approximate surface area is 144 Å². The summed E-state index contributed by atoms with van der Waals surface area (Å²) in [5.74, 6) is -0.613. The average Bonchev–Trinajstić information content (AvgIpc) is 2.51. The van der Waals surface area contributed by atoms with E-state index in [9.17, 15) is 14.4 Å². The van der Waals surface area contributed by atoms with E-state index in [0.717, 1.165) is 11.8 Å². The standard InChI is InChI=1S/C19H28N2O3/c1-13(2)16(21-18(24)19(3,4)5)17(23)20-15(12-22)11-14-9-7-6-8-10-14/h6-10,12-13,15-16H,11H2,1-5H3,(H,20,23)(H,21,24)/t15?,16-/m0/s1. The number of hydrogen-bond acceptors (Lipinski definition) is 3. The van der Waals surface area contributed by atoms with Crippen molar-refractivity contribution in [3.8, 4) is 0 Å². The summed E-state index contributed by atoms with van der Waals surface area (Å²) in [4.78, 5) is 36.0. The van der Waals surface area contributed by atoms with E-state index in [1.165, 1.54) is 0 Å². The fourth-order valence-electron chi connectivity index (χ4n) is 2.17. The summed E-state index contributed by atoms with van der Waals surface area (Å²) in [6.45, 7) is 9.10. The van der Waals surface area contributed by atoms with Gasteiger partial charge in [-0.15, -0.1) is 0 Å². The van der Waals surface area contributed by atoms with E-state index < -0.39 is 17.5 Å². The largest absolute Gasteiger partial charge is 0.344 e. The molecule has 1 aromatic rings. The number of benzene rings is 1. The molecule has 2 N–H and O–H groups in total. The van der Waals surface area contributed by atoms with Gasteiger partial charge in [0, 0.05) is 5.41 Å². The summed E-state index contributed by atoms with van der Waals surface area (Å²) >= 11 is 0.